The monoisotopic (exact) mass is 227 g/mol. The fourth-order valence-electron chi connectivity index (χ4n) is 1.64. The van der Waals surface area contributed by atoms with Crippen molar-refractivity contribution < 1.29 is 8.78 Å². The Morgan fingerprint density at radius 2 is 1.94 bits per heavy atom. The minimum atomic E-state index is -0.432. The molecule has 0 saturated carbocycles. The molecule has 0 aliphatic heterocycles. The summed E-state index contributed by atoms with van der Waals surface area (Å²) in [4.78, 5) is 0. The number of hydrogen-bond donors (Lipinski definition) is 1. The van der Waals surface area contributed by atoms with E-state index in [1.54, 1.807) is 6.92 Å². The van der Waals surface area contributed by atoms with Gasteiger partial charge in [-0.1, -0.05) is 13.0 Å². The molecular formula is C13H19F2N. The van der Waals surface area contributed by atoms with Crippen LogP contribution in [0.25, 0.3) is 0 Å². The van der Waals surface area contributed by atoms with Crippen molar-refractivity contribution in [3.63, 3.8) is 0 Å². The first-order valence-corrected chi connectivity index (χ1v) is 5.81. The van der Waals surface area contributed by atoms with Crippen LogP contribution in [0, 0.1) is 18.6 Å². The summed E-state index contributed by atoms with van der Waals surface area (Å²) in [6.45, 7) is 5.51. The fourth-order valence-corrected chi connectivity index (χ4v) is 1.64. The Balaban J connectivity index is 2.50. The number of halogens is 2. The minimum Gasteiger partial charge on any atom is -0.317 e. The van der Waals surface area contributed by atoms with Crippen molar-refractivity contribution in [3.05, 3.63) is 34.9 Å². The lowest BCUT2D eigenvalue weighted by molar-refractivity contribution is 0.538. The molecule has 0 fully saturated rings. The highest BCUT2D eigenvalue weighted by molar-refractivity contribution is 5.26. The third kappa shape index (κ3) is 3.56. The Hall–Kier alpha value is -0.960. The van der Waals surface area contributed by atoms with E-state index < -0.39 is 11.6 Å². The highest BCUT2D eigenvalue weighted by Crippen LogP contribution is 2.17. The molecule has 90 valence electrons. The summed E-state index contributed by atoms with van der Waals surface area (Å²) in [6, 6.07) is 2.82. The predicted molar refractivity (Wildman–Crippen MR) is 62.6 cm³/mol. The number of aryl methyl sites for hydroxylation is 1. The Labute approximate surface area is 95.9 Å². The van der Waals surface area contributed by atoms with E-state index in [0.717, 1.165) is 25.9 Å². The lowest BCUT2D eigenvalue weighted by atomic mass is 10.1. The first-order valence-electron chi connectivity index (χ1n) is 5.81. The van der Waals surface area contributed by atoms with E-state index in [2.05, 4.69) is 12.2 Å². The molecule has 1 aromatic carbocycles. The molecule has 0 radical (unpaired) electrons. The van der Waals surface area contributed by atoms with Crippen molar-refractivity contribution in [3.8, 4) is 0 Å². The van der Waals surface area contributed by atoms with Crippen LogP contribution in [0.15, 0.2) is 12.1 Å². The Morgan fingerprint density at radius 1 is 1.19 bits per heavy atom. The van der Waals surface area contributed by atoms with Gasteiger partial charge in [0.05, 0.1) is 0 Å². The van der Waals surface area contributed by atoms with Crippen molar-refractivity contribution in [1.82, 2.24) is 5.32 Å². The molecule has 16 heavy (non-hydrogen) atoms. The van der Waals surface area contributed by atoms with Gasteiger partial charge in [-0.25, -0.2) is 8.78 Å². The van der Waals surface area contributed by atoms with Crippen LogP contribution >= 0.6 is 0 Å². The molecule has 0 saturated heterocycles. The van der Waals surface area contributed by atoms with Gasteiger partial charge in [0.1, 0.15) is 11.6 Å². The van der Waals surface area contributed by atoms with E-state index >= 15 is 0 Å². The van der Waals surface area contributed by atoms with Crippen molar-refractivity contribution >= 4 is 0 Å². The second kappa shape index (κ2) is 6.59. The molecular weight excluding hydrogens is 208 g/mol. The third-order valence-electron chi connectivity index (χ3n) is 2.59. The van der Waals surface area contributed by atoms with Crippen molar-refractivity contribution in [2.24, 2.45) is 0 Å². The molecule has 1 nitrogen and oxygen atoms in total. The van der Waals surface area contributed by atoms with Gasteiger partial charge in [-0.15, -0.1) is 0 Å². The predicted octanol–water partition coefficient (Wildman–Crippen LogP) is 3.21. The number of rotatable bonds is 6. The lowest BCUT2D eigenvalue weighted by Gasteiger charge is -2.07. The van der Waals surface area contributed by atoms with Gasteiger partial charge in [0.2, 0.25) is 0 Å². The Morgan fingerprint density at radius 3 is 2.62 bits per heavy atom. The van der Waals surface area contributed by atoms with E-state index in [0.29, 0.717) is 12.0 Å². The van der Waals surface area contributed by atoms with Crippen LogP contribution in [0.1, 0.15) is 30.9 Å². The SMILES string of the molecule is CCCNCCCc1c(F)ccc(C)c1F. The van der Waals surface area contributed by atoms with Crippen LogP contribution in [0.4, 0.5) is 8.78 Å². The maximum absolute atomic E-state index is 13.6. The second-order valence-electron chi connectivity index (χ2n) is 4.01. The highest BCUT2D eigenvalue weighted by atomic mass is 19.1. The zero-order chi connectivity index (χ0) is 12.0. The van der Waals surface area contributed by atoms with Crippen molar-refractivity contribution in [2.75, 3.05) is 13.1 Å². The molecule has 0 amide bonds. The first kappa shape index (κ1) is 13.1. The second-order valence-corrected chi connectivity index (χ2v) is 4.01. The number of hydrogen-bond acceptors (Lipinski definition) is 1. The van der Waals surface area contributed by atoms with Gasteiger partial charge < -0.3 is 5.32 Å². The average Bonchev–Trinajstić information content (AvgIpc) is 2.28. The Bertz CT molecular complexity index is 337. The van der Waals surface area contributed by atoms with E-state index in [1.165, 1.54) is 12.1 Å². The summed E-state index contributed by atoms with van der Waals surface area (Å²) in [5.74, 6) is -0.825. The van der Waals surface area contributed by atoms with Crippen LogP contribution in [0.3, 0.4) is 0 Å². The van der Waals surface area contributed by atoms with Gasteiger partial charge in [-0.3, -0.25) is 0 Å². The summed E-state index contributed by atoms with van der Waals surface area (Å²) in [6.07, 6.45) is 2.29. The zero-order valence-corrected chi connectivity index (χ0v) is 9.95. The van der Waals surface area contributed by atoms with Crippen LogP contribution < -0.4 is 5.32 Å². The normalized spacial score (nSPS) is 10.8. The molecule has 0 aliphatic carbocycles. The van der Waals surface area contributed by atoms with Crippen LogP contribution in [-0.4, -0.2) is 13.1 Å². The molecule has 0 atom stereocenters. The quantitative estimate of drug-likeness (QED) is 0.736. The molecule has 0 heterocycles. The van der Waals surface area contributed by atoms with Gasteiger partial charge >= 0.3 is 0 Å². The molecule has 0 spiro atoms. The Kier molecular flexibility index (Phi) is 5.39. The highest BCUT2D eigenvalue weighted by Gasteiger charge is 2.10. The van der Waals surface area contributed by atoms with Gasteiger partial charge in [-0.05, 0) is 50.9 Å². The standard InChI is InChI=1S/C13H19F2N/c1-3-8-16-9-4-5-11-12(14)7-6-10(2)13(11)15/h6-7,16H,3-5,8-9H2,1-2H3. The summed E-state index contributed by atoms with van der Waals surface area (Å²) in [5.41, 5.74) is 0.733. The molecule has 1 N–H and O–H groups in total. The molecule has 3 heteroatoms. The largest absolute Gasteiger partial charge is 0.317 e. The summed E-state index contributed by atoms with van der Waals surface area (Å²) < 4.78 is 26.9. The van der Waals surface area contributed by atoms with E-state index in [-0.39, 0.29) is 5.56 Å². The zero-order valence-electron chi connectivity index (χ0n) is 9.95. The topological polar surface area (TPSA) is 12.0 Å². The summed E-state index contributed by atoms with van der Waals surface area (Å²) >= 11 is 0. The van der Waals surface area contributed by atoms with Gasteiger partial charge in [0, 0.05) is 5.56 Å². The molecule has 1 rings (SSSR count). The summed E-state index contributed by atoms with van der Waals surface area (Å²) in [7, 11) is 0. The maximum atomic E-state index is 13.6. The fraction of sp³-hybridized carbons (Fsp3) is 0.538. The number of nitrogens with one attached hydrogen (secondary N) is 1. The van der Waals surface area contributed by atoms with E-state index in [9.17, 15) is 8.78 Å². The first-order chi connectivity index (χ1) is 7.66. The molecule has 0 aromatic heterocycles. The maximum Gasteiger partial charge on any atom is 0.132 e. The lowest BCUT2D eigenvalue weighted by Crippen LogP contribution is -2.16. The molecule has 0 unspecified atom stereocenters. The number of benzene rings is 1. The van der Waals surface area contributed by atoms with Gasteiger partial charge in [0.25, 0.3) is 0 Å². The third-order valence-corrected chi connectivity index (χ3v) is 2.59. The average molecular weight is 227 g/mol. The van der Waals surface area contributed by atoms with Crippen LogP contribution in [0.2, 0.25) is 0 Å². The van der Waals surface area contributed by atoms with Crippen molar-refractivity contribution in [2.45, 2.75) is 33.1 Å². The van der Waals surface area contributed by atoms with Crippen molar-refractivity contribution in [1.29, 1.82) is 0 Å². The van der Waals surface area contributed by atoms with Gasteiger partial charge in [0.15, 0.2) is 0 Å². The van der Waals surface area contributed by atoms with E-state index in [4.69, 9.17) is 0 Å². The minimum absolute atomic E-state index is 0.221. The summed E-state index contributed by atoms with van der Waals surface area (Å²) in [5, 5.41) is 3.21. The van der Waals surface area contributed by atoms with Crippen LogP contribution in [-0.2, 0) is 6.42 Å². The van der Waals surface area contributed by atoms with Gasteiger partial charge in [-0.2, -0.15) is 0 Å². The van der Waals surface area contributed by atoms with E-state index in [1.807, 2.05) is 0 Å². The molecule has 0 aliphatic rings. The smallest absolute Gasteiger partial charge is 0.132 e. The molecule has 1 aromatic rings. The molecule has 0 bridgehead atoms. The van der Waals surface area contributed by atoms with Crippen LogP contribution in [0.5, 0.6) is 0 Å².